The molecule has 1 aliphatic carbocycles. The van der Waals surface area contributed by atoms with Gasteiger partial charge in [0.15, 0.2) is 0 Å². The molecule has 9 heteroatoms. The number of nitrogens with zero attached hydrogens (tertiary/aromatic N) is 3. The van der Waals surface area contributed by atoms with E-state index in [2.05, 4.69) is 22.6 Å². The number of carbonyl (C=O) groups excluding carboxylic acids is 2. The van der Waals surface area contributed by atoms with Crippen molar-refractivity contribution in [1.82, 2.24) is 20.0 Å². The molecule has 1 aromatic heterocycles. The summed E-state index contributed by atoms with van der Waals surface area (Å²) in [6.07, 6.45) is 3.45. The summed E-state index contributed by atoms with van der Waals surface area (Å²) in [4.78, 5) is 33.3. The largest absolute Gasteiger partial charge is 0.396 e. The average molecular weight is 451 g/mol. The summed E-state index contributed by atoms with van der Waals surface area (Å²) in [6, 6.07) is 0.151. The SMILES string of the molecule is CCCN(C(=O)NCCN(C)C)C(=O)[C@@H]1C[C@@H]2Cc3c(sc(NC)c3N)C[C@H]2N(C)C1. The Morgan fingerprint density at radius 1 is 1.26 bits per heavy atom. The summed E-state index contributed by atoms with van der Waals surface area (Å²) in [6.45, 7) is 4.42. The monoisotopic (exact) mass is 450 g/mol. The van der Waals surface area contributed by atoms with Crippen LogP contribution in [-0.4, -0.2) is 87.0 Å². The molecule has 31 heavy (non-hydrogen) atoms. The molecule has 0 spiro atoms. The molecule has 1 fully saturated rings. The van der Waals surface area contributed by atoms with Gasteiger partial charge in [-0.1, -0.05) is 6.92 Å². The molecule has 3 atom stereocenters. The van der Waals surface area contributed by atoms with E-state index in [9.17, 15) is 9.59 Å². The highest BCUT2D eigenvalue weighted by Gasteiger charge is 2.42. The number of piperidine rings is 1. The minimum Gasteiger partial charge on any atom is -0.396 e. The maximum absolute atomic E-state index is 13.4. The van der Waals surface area contributed by atoms with Crippen LogP contribution in [-0.2, 0) is 17.6 Å². The Labute approximate surface area is 190 Å². The lowest BCUT2D eigenvalue weighted by molar-refractivity contribution is -0.136. The number of rotatable bonds is 7. The highest BCUT2D eigenvalue weighted by atomic mass is 32.1. The average Bonchev–Trinajstić information content (AvgIpc) is 3.04. The zero-order valence-corrected chi connectivity index (χ0v) is 20.3. The van der Waals surface area contributed by atoms with Gasteiger partial charge in [-0.2, -0.15) is 0 Å². The first-order valence-corrected chi connectivity index (χ1v) is 12.1. The maximum Gasteiger partial charge on any atom is 0.324 e. The molecule has 0 unspecified atom stereocenters. The molecule has 174 valence electrons. The smallest absolute Gasteiger partial charge is 0.324 e. The van der Waals surface area contributed by atoms with E-state index in [0.717, 1.165) is 42.9 Å². The molecular formula is C22H38N6O2S. The molecule has 0 aromatic carbocycles. The number of likely N-dealkylation sites (N-methyl/N-ethyl adjacent to an activating group) is 2. The summed E-state index contributed by atoms with van der Waals surface area (Å²) in [5, 5.41) is 7.16. The first-order valence-electron chi connectivity index (χ1n) is 11.3. The van der Waals surface area contributed by atoms with E-state index in [1.54, 1.807) is 11.3 Å². The third-order valence-electron chi connectivity index (χ3n) is 6.57. The zero-order valence-electron chi connectivity index (χ0n) is 19.5. The number of imide groups is 1. The van der Waals surface area contributed by atoms with Crippen molar-refractivity contribution >= 4 is 34.0 Å². The number of nitrogen functional groups attached to an aromatic ring is 1. The van der Waals surface area contributed by atoms with E-state index in [0.29, 0.717) is 31.6 Å². The summed E-state index contributed by atoms with van der Waals surface area (Å²) in [7, 11) is 7.95. The molecule has 1 aromatic rings. The fraction of sp³-hybridized carbons (Fsp3) is 0.727. The van der Waals surface area contributed by atoms with Crippen LogP contribution in [0.15, 0.2) is 0 Å². The quantitative estimate of drug-likeness (QED) is 0.588. The Balaban J connectivity index is 1.71. The fourth-order valence-electron chi connectivity index (χ4n) is 4.95. The van der Waals surface area contributed by atoms with E-state index < -0.39 is 0 Å². The van der Waals surface area contributed by atoms with Crippen LogP contribution in [0.25, 0.3) is 0 Å². The standard InChI is InChI=1S/C22H38N6O2S/c1-6-8-28(22(30)25-7-9-26(3)4)21(29)15-10-14-11-16-18(12-17(14)27(5)13-15)31-20(24-2)19(16)23/h14-15,17,24H,6-13,23H2,1-5H3,(H,25,30)/t14-,15-,17-/m1/s1. The highest BCUT2D eigenvalue weighted by molar-refractivity contribution is 7.17. The topological polar surface area (TPSA) is 93.9 Å². The lowest BCUT2D eigenvalue weighted by Gasteiger charge is -2.45. The second kappa shape index (κ2) is 10.2. The van der Waals surface area contributed by atoms with Crippen molar-refractivity contribution in [3.8, 4) is 0 Å². The Morgan fingerprint density at radius 3 is 2.65 bits per heavy atom. The number of anilines is 2. The van der Waals surface area contributed by atoms with Gasteiger partial charge in [-0.05, 0) is 58.3 Å². The number of fused-ring (bicyclic) bond motifs is 2. The van der Waals surface area contributed by atoms with E-state index in [4.69, 9.17) is 5.73 Å². The van der Waals surface area contributed by atoms with Gasteiger partial charge in [0.1, 0.15) is 5.00 Å². The maximum atomic E-state index is 13.4. The van der Waals surface area contributed by atoms with Crippen LogP contribution in [0.4, 0.5) is 15.5 Å². The van der Waals surface area contributed by atoms with Crippen molar-refractivity contribution in [2.75, 3.05) is 65.4 Å². The van der Waals surface area contributed by atoms with Gasteiger partial charge >= 0.3 is 6.03 Å². The Morgan fingerprint density at radius 2 is 2.00 bits per heavy atom. The lowest BCUT2D eigenvalue weighted by Crippen LogP contribution is -2.55. The van der Waals surface area contributed by atoms with Gasteiger partial charge in [0.05, 0.1) is 11.6 Å². The van der Waals surface area contributed by atoms with Gasteiger partial charge in [0.25, 0.3) is 0 Å². The summed E-state index contributed by atoms with van der Waals surface area (Å²) in [5.74, 6) is 0.166. The minimum atomic E-state index is -0.273. The number of thiophene rings is 1. The number of amides is 3. The van der Waals surface area contributed by atoms with Crippen LogP contribution in [0.3, 0.4) is 0 Å². The van der Waals surface area contributed by atoms with Crippen LogP contribution in [0.1, 0.15) is 30.2 Å². The van der Waals surface area contributed by atoms with Crippen LogP contribution in [0.5, 0.6) is 0 Å². The van der Waals surface area contributed by atoms with Crippen LogP contribution in [0, 0.1) is 11.8 Å². The van der Waals surface area contributed by atoms with E-state index in [1.165, 1.54) is 15.3 Å². The second-order valence-electron chi connectivity index (χ2n) is 9.13. The van der Waals surface area contributed by atoms with Gasteiger partial charge in [0.2, 0.25) is 5.91 Å². The summed E-state index contributed by atoms with van der Waals surface area (Å²) < 4.78 is 0. The predicted molar refractivity (Wildman–Crippen MR) is 128 cm³/mol. The Kier molecular flexibility index (Phi) is 7.82. The molecule has 2 heterocycles. The molecule has 4 N–H and O–H groups in total. The number of carbonyl (C=O) groups is 2. The van der Waals surface area contributed by atoms with Gasteiger partial charge in [-0.3, -0.25) is 9.69 Å². The van der Waals surface area contributed by atoms with Gasteiger partial charge in [-0.25, -0.2) is 4.79 Å². The third-order valence-corrected chi connectivity index (χ3v) is 7.86. The van der Waals surface area contributed by atoms with Crippen LogP contribution >= 0.6 is 11.3 Å². The molecule has 2 aliphatic rings. The Hall–Kier alpha value is -1.84. The molecule has 1 aliphatic heterocycles. The normalized spacial score (nSPS) is 23.2. The molecule has 8 nitrogen and oxygen atoms in total. The molecule has 0 bridgehead atoms. The van der Waals surface area contributed by atoms with Crippen LogP contribution in [0.2, 0.25) is 0 Å². The number of nitrogens with one attached hydrogen (secondary N) is 2. The number of likely N-dealkylation sites (tertiary alicyclic amines) is 1. The fourth-order valence-corrected chi connectivity index (χ4v) is 6.10. The molecule has 0 saturated carbocycles. The number of urea groups is 1. The minimum absolute atomic E-state index is 0.0468. The molecule has 0 radical (unpaired) electrons. The molecule has 3 rings (SSSR count). The third kappa shape index (κ3) is 5.15. The number of hydrogen-bond acceptors (Lipinski definition) is 7. The van der Waals surface area contributed by atoms with Crippen molar-refractivity contribution in [1.29, 1.82) is 0 Å². The van der Waals surface area contributed by atoms with E-state index >= 15 is 0 Å². The molecule has 3 amide bonds. The number of hydrogen-bond donors (Lipinski definition) is 3. The number of nitrogens with two attached hydrogens (primary N) is 1. The van der Waals surface area contributed by atoms with Crippen molar-refractivity contribution in [3.05, 3.63) is 10.4 Å². The first kappa shape index (κ1) is 23.8. The van der Waals surface area contributed by atoms with Gasteiger partial charge in [-0.15, -0.1) is 11.3 Å². The zero-order chi connectivity index (χ0) is 22.7. The lowest BCUT2D eigenvalue weighted by atomic mass is 9.74. The van der Waals surface area contributed by atoms with Crippen LogP contribution < -0.4 is 16.4 Å². The van der Waals surface area contributed by atoms with Gasteiger partial charge < -0.3 is 26.2 Å². The van der Waals surface area contributed by atoms with E-state index in [1.807, 2.05) is 33.0 Å². The first-order chi connectivity index (χ1) is 14.8. The van der Waals surface area contributed by atoms with Crippen molar-refractivity contribution < 1.29 is 9.59 Å². The van der Waals surface area contributed by atoms with Gasteiger partial charge in [0, 0.05) is 44.1 Å². The highest BCUT2D eigenvalue weighted by Crippen LogP contribution is 2.45. The van der Waals surface area contributed by atoms with E-state index in [-0.39, 0.29) is 17.9 Å². The van der Waals surface area contributed by atoms with Crippen molar-refractivity contribution in [2.24, 2.45) is 11.8 Å². The second-order valence-corrected chi connectivity index (χ2v) is 10.2. The van der Waals surface area contributed by atoms with Crippen molar-refractivity contribution in [2.45, 2.75) is 38.6 Å². The molecular weight excluding hydrogens is 412 g/mol. The molecule has 1 saturated heterocycles. The summed E-state index contributed by atoms with van der Waals surface area (Å²) in [5.41, 5.74) is 8.50. The predicted octanol–water partition coefficient (Wildman–Crippen LogP) is 1.92. The van der Waals surface area contributed by atoms with Crippen molar-refractivity contribution in [3.63, 3.8) is 0 Å². The Bertz CT molecular complexity index is 795. The summed E-state index contributed by atoms with van der Waals surface area (Å²) >= 11 is 1.76.